The van der Waals surface area contributed by atoms with E-state index in [0.717, 1.165) is 104 Å². The SMILES string of the molecule is CO.CO.Cc1cc2c(-c3[c-]cc(C(C)(C)C)cc3)nccc2o1.Cc1cc2c(-c3ccc(C(C)(C)C)cc3)nccc2o1.Cc1cccc(-c2[c-]cccc2)n1.Cc1cccc(-c2[c-]cccc2)n1.[Ir].[Ir]. The second-order valence-electron chi connectivity index (χ2n) is 18.3. The van der Waals surface area contributed by atoms with Gasteiger partial charge in [-0.2, -0.15) is 0 Å². The Bertz CT molecular complexity index is 2930. The summed E-state index contributed by atoms with van der Waals surface area (Å²) in [6.45, 7) is 21.2. The molecule has 8 nitrogen and oxygen atoms in total. The molecule has 0 fully saturated rings. The van der Waals surface area contributed by atoms with E-state index >= 15 is 0 Å². The van der Waals surface area contributed by atoms with E-state index < -0.39 is 0 Å². The number of hydrogen-bond acceptors (Lipinski definition) is 8. The molecule has 0 spiro atoms. The minimum atomic E-state index is 0. The van der Waals surface area contributed by atoms with Gasteiger partial charge in [0.2, 0.25) is 0 Å². The van der Waals surface area contributed by atoms with Crippen LogP contribution < -0.4 is 0 Å². The van der Waals surface area contributed by atoms with Crippen molar-refractivity contribution >= 4 is 21.9 Å². The maximum Gasteiger partial charge on any atom is 0.137 e. The summed E-state index contributed by atoms with van der Waals surface area (Å²) in [6, 6.07) is 60.3. The second-order valence-corrected chi connectivity index (χ2v) is 18.3. The number of furan rings is 2. The number of hydrogen-bond donors (Lipinski definition) is 2. The van der Waals surface area contributed by atoms with Gasteiger partial charge in [-0.3, -0.25) is 4.98 Å². The molecule has 10 heteroatoms. The third-order valence-corrected chi connectivity index (χ3v) is 10.8. The van der Waals surface area contributed by atoms with Crippen molar-refractivity contribution in [2.75, 3.05) is 14.2 Å². The Morgan fingerprint density at radius 3 is 1.29 bits per heavy atom. The van der Waals surface area contributed by atoms with Crippen LogP contribution in [-0.2, 0) is 51.0 Å². The molecule has 2 radical (unpaired) electrons. The Balaban J connectivity index is 0.000000250. The van der Waals surface area contributed by atoms with Crippen LogP contribution >= 0.6 is 0 Å². The molecule has 0 saturated carbocycles. The van der Waals surface area contributed by atoms with Crippen LogP contribution in [0.2, 0.25) is 0 Å². The Kier molecular flexibility index (Phi) is 24.0. The summed E-state index contributed by atoms with van der Waals surface area (Å²) in [6.07, 6.45) is 3.59. The summed E-state index contributed by atoms with van der Waals surface area (Å²) in [5.41, 5.74) is 14.9. The van der Waals surface area contributed by atoms with Gasteiger partial charge in [-0.1, -0.05) is 90.1 Å². The number of fused-ring (bicyclic) bond motifs is 2. The Labute approximate surface area is 453 Å². The smallest absolute Gasteiger partial charge is 0.137 e. The normalized spacial score (nSPS) is 10.4. The summed E-state index contributed by atoms with van der Waals surface area (Å²) in [5, 5.41) is 16.1. The third-order valence-electron chi connectivity index (χ3n) is 10.8. The Morgan fingerprint density at radius 1 is 0.444 bits per heavy atom. The first-order valence-corrected chi connectivity index (χ1v) is 23.2. The fraction of sp³-hybridized carbons (Fsp3) is 0.226. The van der Waals surface area contributed by atoms with Crippen LogP contribution in [0.5, 0.6) is 0 Å². The van der Waals surface area contributed by atoms with Crippen molar-refractivity contribution in [3.05, 3.63) is 216 Å². The zero-order valence-corrected chi connectivity index (χ0v) is 48.0. The number of benzene rings is 4. The molecule has 0 bridgehead atoms. The van der Waals surface area contributed by atoms with Crippen LogP contribution in [-0.4, -0.2) is 44.4 Å². The predicted molar refractivity (Wildman–Crippen MR) is 287 cm³/mol. The molecule has 0 aliphatic rings. The molecule has 2 N–H and O–H groups in total. The topological polar surface area (TPSA) is 118 Å². The van der Waals surface area contributed by atoms with E-state index in [0.29, 0.717) is 0 Å². The van der Waals surface area contributed by atoms with Crippen molar-refractivity contribution in [1.29, 1.82) is 0 Å². The van der Waals surface area contributed by atoms with Crippen molar-refractivity contribution in [1.82, 2.24) is 19.9 Å². The van der Waals surface area contributed by atoms with E-state index in [-0.39, 0.29) is 51.0 Å². The molecule has 0 atom stereocenters. The molecule has 10 aromatic rings. The van der Waals surface area contributed by atoms with Crippen LogP contribution in [0.15, 0.2) is 173 Å². The number of aliphatic hydroxyl groups is 2. The molecular formula is C62H65Ir2N4O4-3. The molecule has 0 unspecified atom stereocenters. The van der Waals surface area contributed by atoms with Crippen molar-refractivity contribution in [2.24, 2.45) is 0 Å². The number of pyridine rings is 4. The molecule has 4 aromatic carbocycles. The number of aryl methyl sites for hydroxylation is 4. The first kappa shape index (κ1) is 60.1. The van der Waals surface area contributed by atoms with Gasteiger partial charge in [0.1, 0.15) is 22.7 Å². The maximum absolute atomic E-state index is 7.00. The Hall–Kier alpha value is -6.22. The standard InChI is InChI=1S/C18H19NO.C18H18NO.2C12H10N.2CH4O.2Ir/c2*1-12-11-15-16(20-12)9-10-19-17(15)13-5-7-14(8-6-13)18(2,3)4;2*1-10-6-5-9-12(13-10)11-7-3-2-4-8-11;2*1-2;;/h5-11H,1-4H3;5,7-11H,1-4H3;2*2-7,9H,1H3;2*2H,1H3;;/q;3*-1;;;;. The molecule has 0 amide bonds. The summed E-state index contributed by atoms with van der Waals surface area (Å²) >= 11 is 0. The number of rotatable bonds is 4. The average Bonchev–Trinajstić information content (AvgIpc) is 3.97. The van der Waals surface area contributed by atoms with Gasteiger partial charge in [0.25, 0.3) is 0 Å². The van der Waals surface area contributed by atoms with Crippen LogP contribution in [0.3, 0.4) is 0 Å². The van der Waals surface area contributed by atoms with Gasteiger partial charge < -0.3 is 34.0 Å². The van der Waals surface area contributed by atoms with E-state index in [1.54, 1.807) is 12.4 Å². The van der Waals surface area contributed by atoms with Crippen LogP contribution in [0.4, 0.5) is 0 Å². The van der Waals surface area contributed by atoms with Gasteiger partial charge in [0.05, 0.1) is 5.69 Å². The summed E-state index contributed by atoms with van der Waals surface area (Å²) in [7, 11) is 2.00. The zero-order chi connectivity index (χ0) is 50.8. The predicted octanol–water partition coefficient (Wildman–Crippen LogP) is 14.9. The van der Waals surface area contributed by atoms with Crippen molar-refractivity contribution in [3.63, 3.8) is 0 Å². The largest absolute Gasteiger partial charge is 0.462 e. The molecule has 0 aliphatic heterocycles. The fourth-order valence-electron chi connectivity index (χ4n) is 7.28. The summed E-state index contributed by atoms with van der Waals surface area (Å²) < 4.78 is 11.3. The maximum atomic E-state index is 7.00. The minimum Gasteiger partial charge on any atom is -0.462 e. The number of nitrogens with zero attached hydrogens (tertiary/aromatic N) is 4. The molecule has 10 rings (SSSR count). The fourth-order valence-corrected chi connectivity index (χ4v) is 7.28. The van der Waals surface area contributed by atoms with Gasteiger partial charge in [-0.15, -0.1) is 107 Å². The van der Waals surface area contributed by atoms with Crippen LogP contribution in [0.25, 0.3) is 67.0 Å². The Morgan fingerprint density at radius 2 is 0.889 bits per heavy atom. The van der Waals surface area contributed by atoms with Crippen molar-refractivity contribution in [2.45, 2.75) is 80.1 Å². The van der Waals surface area contributed by atoms with Crippen molar-refractivity contribution < 1.29 is 59.3 Å². The van der Waals surface area contributed by atoms with E-state index in [9.17, 15) is 0 Å². The molecule has 6 aromatic heterocycles. The average molecular weight is 1310 g/mol. The molecule has 378 valence electrons. The zero-order valence-electron chi connectivity index (χ0n) is 43.3. The monoisotopic (exact) mass is 1320 g/mol. The molecule has 6 heterocycles. The van der Waals surface area contributed by atoms with Crippen molar-refractivity contribution in [3.8, 4) is 45.0 Å². The first-order valence-electron chi connectivity index (χ1n) is 23.2. The van der Waals surface area contributed by atoms with Crippen LogP contribution in [0, 0.1) is 45.9 Å². The van der Waals surface area contributed by atoms with E-state index in [1.165, 1.54) is 11.1 Å². The van der Waals surface area contributed by atoms with Gasteiger partial charge in [0.15, 0.2) is 0 Å². The minimum absolute atomic E-state index is 0. The summed E-state index contributed by atoms with van der Waals surface area (Å²) in [5.74, 6) is 1.82. The van der Waals surface area contributed by atoms with E-state index in [1.807, 2.05) is 131 Å². The van der Waals surface area contributed by atoms with E-state index in [2.05, 4.69) is 128 Å². The quantitative estimate of drug-likeness (QED) is 0.167. The van der Waals surface area contributed by atoms with Gasteiger partial charge in [-0.25, -0.2) is 0 Å². The summed E-state index contributed by atoms with van der Waals surface area (Å²) in [4.78, 5) is 17.8. The van der Waals surface area contributed by atoms with Gasteiger partial charge in [0, 0.05) is 94.5 Å². The van der Waals surface area contributed by atoms with Gasteiger partial charge >= 0.3 is 0 Å². The van der Waals surface area contributed by atoms with E-state index in [4.69, 9.17) is 19.0 Å². The van der Waals surface area contributed by atoms with Crippen LogP contribution in [0.1, 0.15) is 75.6 Å². The molecule has 0 saturated heterocycles. The first-order chi connectivity index (χ1) is 33.6. The number of aromatic nitrogens is 4. The second kappa shape index (κ2) is 28.7. The molecule has 0 aliphatic carbocycles. The third kappa shape index (κ3) is 16.9. The van der Waals surface area contributed by atoms with Gasteiger partial charge in [-0.05, 0) is 97.6 Å². The number of aliphatic hydroxyl groups excluding tert-OH is 2. The molecule has 72 heavy (non-hydrogen) atoms. The molecular weight excluding hydrogens is 1250 g/mol.